The Morgan fingerprint density at radius 1 is 0.757 bits per heavy atom. The van der Waals surface area contributed by atoms with Gasteiger partial charge in [-0.25, -0.2) is 0 Å². The summed E-state index contributed by atoms with van der Waals surface area (Å²) >= 11 is 18.5. The maximum absolute atomic E-state index is 6.17. The van der Waals surface area contributed by atoms with E-state index in [4.69, 9.17) is 39.9 Å². The molecule has 0 bridgehead atoms. The van der Waals surface area contributed by atoms with Gasteiger partial charge in [0.2, 0.25) is 0 Å². The molecule has 0 amide bonds. The topological polar surface area (TPSA) is 40.5 Å². The summed E-state index contributed by atoms with van der Waals surface area (Å²) in [5.74, 6) is 0. The first-order valence-electron chi connectivity index (χ1n) is 11.8. The lowest BCUT2D eigenvalue weighted by Gasteiger charge is -2.24. The van der Waals surface area contributed by atoms with E-state index in [-0.39, 0.29) is 6.04 Å². The van der Waals surface area contributed by atoms with Crippen molar-refractivity contribution in [1.29, 1.82) is 0 Å². The van der Waals surface area contributed by atoms with Crippen LogP contribution in [0.1, 0.15) is 23.6 Å². The monoisotopic (exact) mass is 542 g/mol. The molecule has 182 valence electrons. The molecule has 1 atom stereocenters. The number of aromatic nitrogens is 1. The molecule has 6 rings (SSSR count). The highest BCUT2D eigenvalue weighted by Crippen LogP contribution is 2.38. The average molecular weight is 544 g/mol. The predicted molar refractivity (Wildman–Crippen MR) is 156 cm³/mol. The fraction of sp³-hybridized carbons (Fsp3) is 0.0667. The second-order valence-electron chi connectivity index (χ2n) is 8.86. The van der Waals surface area contributed by atoms with Crippen molar-refractivity contribution in [3.63, 3.8) is 0 Å². The molecule has 1 unspecified atom stereocenters. The van der Waals surface area contributed by atoms with E-state index in [9.17, 15) is 0 Å². The maximum atomic E-state index is 6.17. The van der Waals surface area contributed by atoms with Gasteiger partial charge in [-0.1, -0.05) is 59.1 Å². The first-order chi connectivity index (χ1) is 18.0. The molecule has 0 radical (unpaired) electrons. The highest BCUT2D eigenvalue weighted by molar-refractivity contribution is 6.31. The third-order valence-corrected chi connectivity index (χ3v) is 7.17. The molecule has 0 aliphatic carbocycles. The van der Waals surface area contributed by atoms with Gasteiger partial charge in [0.1, 0.15) is 0 Å². The molecule has 1 aliphatic heterocycles. The molecule has 7 heteroatoms. The van der Waals surface area contributed by atoms with Crippen LogP contribution in [0.3, 0.4) is 0 Å². The van der Waals surface area contributed by atoms with E-state index in [1.165, 1.54) is 0 Å². The Balaban J connectivity index is 1.35. The SMILES string of the molecule is Clc1ccc(C2=NN(c3ccc(Cl)cc3)C(c3cccc(Nc4ccnc5cc(Cl)ccc45)c3)C2)cc1. The second-order valence-corrected chi connectivity index (χ2v) is 10.2. The summed E-state index contributed by atoms with van der Waals surface area (Å²) in [5.41, 5.74) is 6.99. The number of hydrazone groups is 1. The fourth-order valence-electron chi connectivity index (χ4n) is 4.63. The lowest BCUT2D eigenvalue weighted by atomic mass is 9.97. The van der Waals surface area contributed by atoms with E-state index >= 15 is 0 Å². The van der Waals surface area contributed by atoms with Crippen LogP contribution in [0.15, 0.2) is 108 Å². The first kappa shape index (κ1) is 23.8. The van der Waals surface area contributed by atoms with Crippen LogP contribution in [0.25, 0.3) is 10.9 Å². The fourth-order valence-corrected chi connectivity index (χ4v) is 5.05. The summed E-state index contributed by atoms with van der Waals surface area (Å²) in [4.78, 5) is 4.45. The van der Waals surface area contributed by atoms with Gasteiger partial charge in [-0.15, -0.1) is 0 Å². The Hall–Kier alpha value is -3.57. The highest BCUT2D eigenvalue weighted by atomic mass is 35.5. The molecular weight excluding hydrogens is 523 g/mol. The molecule has 1 aliphatic rings. The zero-order chi connectivity index (χ0) is 25.4. The normalized spacial score (nSPS) is 15.2. The number of rotatable bonds is 5. The number of benzene rings is 4. The van der Waals surface area contributed by atoms with Gasteiger partial charge in [0, 0.05) is 44.4 Å². The van der Waals surface area contributed by atoms with Gasteiger partial charge in [-0.2, -0.15) is 5.10 Å². The van der Waals surface area contributed by atoms with E-state index < -0.39 is 0 Å². The van der Waals surface area contributed by atoms with Gasteiger partial charge < -0.3 is 5.32 Å². The Kier molecular flexibility index (Phi) is 6.47. The molecule has 5 aromatic rings. The van der Waals surface area contributed by atoms with Crippen molar-refractivity contribution in [2.75, 3.05) is 10.3 Å². The van der Waals surface area contributed by atoms with E-state index in [1.807, 2.05) is 72.8 Å². The molecule has 2 heterocycles. The van der Waals surface area contributed by atoms with Gasteiger partial charge in [0.25, 0.3) is 0 Å². The number of nitrogens with one attached hydrogen (secondary N) is 1. The number of nitrogens with zero attached hydrogens (tertiary/aromatic N) is 3. The number of hydrogen-bond acceptors (Lipinski definition) is 4. The second kappa shape index (κ2) is 10.1. The highest BCUT2D eigenvalue weighted by Gasteiger charge is 2.30. The molecule has 1 aromatic heterocycles. The number of halogens is 3. The van der Waals surface area contributed by atoms with Gasteiger partial charge in [0.15, 0.2) is 0 Å². The third kappa shape index (κ3) is 5.01. The lowest BCUT2D eigenvalue weighted by molar-refractivity contribution is 0.709. The number of anilines is 3. The van der Waals surface area contributed by atoms with Crippen LogP contribution in [0, 0.1) is 0 Å². The third-order valence-electron chi connectivity index (χ3n) is 6.43. The summed E-state index contributed by atoms with van der Waals surface area (Å²) in [5, 5.41) is 13.7. The van der Waals surface area contributed by atoms with Crippen LogP contribution in [-0.4, -0.2) is 10.7 Å². The summed E-state index contributed by atoms with van der Waals surface area (Å²) in [6, 6.07) is 31.8. The van der Waals surface area contributed by atoms with Gasteiger partial charge >= 0.3 is 0 Å². The van der Waals surface area contributed by atoms with Gasteiger partial charge in [0.05, 0.1) is 23.0 Å². The van der Waals surface area contributed by atoms with Crippen molar-refractivity contribution >= 4 is 68.5 Å². The Bertz CT molecular complexity index is 1620. The number of pyridine rings is 1. The van der Waals surface area contributed by atoms with Crippen LogP contribution in [0.5, 0.6) is 0 Å². The minimum atomic E-state index is 0.0154. The Morgan fingerprint density at radius 3 is 2.27 bits per heavy atom. The quantitative estimate of drug-likeness (QED) is 0.240. The molecule has 0 saturated carbocycles. The van der Waals surface area contributed by atoms with Crippen molar-refractivity contribution in [3.8, 4) is 0 Å². The van der Waals surface area contributed by atoms with Gasteiger partial charge in [-0.3, -0.25) is 9.99 Å². The zero-order valence-corrected chi connectivity index (χ0v) is 21.8. The Morgan fingerprint density at radius 2 is 1.49 bits per heavy atom. The minimum absolute atomic E-state index is 0.0154. The largest absolute Gasteiger partial charge is 0.355 e. The summed E-state index contributed by atoms with van der Waals surface area (Å²) in [6.45, 7) is 0. The number of hydrogen-bond donors (Lipinski definition) is 1. The van der Waals surface area contributed by atoms with E-state index in [0.29, 0.717) is 15.1 Å². The molecule has 1 N–H and O–H groups in total. The van der Waals surface area contributed by atoms with Crippen LogP contribution in [0.4, 0.5) is 17.1 Å². The van der Waals surface area contributed by atoms with Gasteiger partial charge in [-0.05, 0) is 83.9 Å². The average Bonchev–Trinajstić information content (AvgIpc) is 3.35. The summed E-state index contributed by atoms with van der Waals surface area (Å²) < 4.78 is 0. The molecule has 37 heavy (non-hydrogen) atoms. The summed E-state index contributed by atoms with van der Waals surface area (Å²) in [7, 11) is 0. The maximum Gasteiger partial charge on any atom is 0.0832 e. The Labute approximate surface area is 230 Å². The van der Waals surface area contributed by atoms with Crippen molar-refractivity contribution < 1.29 is 0 Å². The van der Waals surface area contributed by atoms with Crippen molar-refractivity contribution in [2.24, 2.45) is 5.10 Å². The molecule has 0 fully saturated rings. The molecule has 0 spiro atoms. The van der Waals surface area contributed by atoms with E-state index in [2.05, 4.69) is 39.6 Å². The lowest BCUT2D eigenvalue weighted by Crippen LogP contribution is -2.18. The number of fused-ring (bicyclic) bond motifs is 1. The van der Waals surface area contributed by atoms with E-state index in [1.54, 1.807) is 6.20 Å². The van der Waals surface area contributed by atoms with Crippen molar-refractivity contribution in [1.82, 2.24) is 4.98 Å². The van der Waals surface area contributed by atoms with Crippen LogP contribution < -0.4 is 10.3 Å². The zero-order valence-electron chi connectivity index (χ0n) is 19.6. The first-order valence-corrected chi connectivity index (χ1v) is 13.0. The smallest absolute Gasteiger partial charge is 0.0832 e. The van der Waals surface area contributed by atoms with Crippen LogP contribution in [-0.2, 0) is 0 Å². The molecular formula is C30H21Cl3N4. The minimum Gasteiger partial charge on any atom is -0.355 e. The summed E-state index contributed by atoms with van der Waals surface area (Å²) in [6.07, 6.45) is 2.54. The van der Waals surface area contributed by atoms with Crippen LogP contribution >= 0.6 is 34.8 Å². The van der Waals surface area contributed by atoms with Crippen LogP contribution in [0.2, 0.25) is 15.1 Å². The predicted octanol–water partition coefficient (Wildman–Crippen LogP) is 9.29. The molecule has 4 aromatic carbocycles. The standard InChI is InChI=1S/C30H21Cl3N4/c31-21-6-4-19(5-7-21)28-18-30(37(36-28)25-11-8-22(32)9-12-25)20-2-1-3-24(16-20)35-27-14-15-34-29-17-23(33)10-13-26(27)29/h1-17,30H,18H2,(H,34,35). The molecule has 4 nitrogen and oxygen atoms in total. The van der Waals surface area contributed by atoms with E-state index in [0.717, 1.165) is 51.2 Å². The van der Waals surface area contributed by atoms with Crippen molar-refractivity contribution in [3.05, 3.63) is 129 Å². The van der Waals surface area contributed by atoms with Crippen molar-refractivity contribution in [2.45, 2.75) is 12.5 Å². The molecule has 0 saturated heterocycles.